The van der Waals surface area contributed by atoms with Crippen molar-refractivity contribution < 1.29 is 25.6 Å². The van der Waals surface area contributed by atoms with Crippen LogP contribution >= 0.6 is 0 Å². The van der Waals surface area contributed by atoms with Gasteiger partial charge in [0, 0.05) is 22.6 Å². The van der Waals surface area contributed by atoms with E-state index in [1.54, 1.807) is 0 Å². The first-order valence-corrected chi connectivity index (χ1v) is 25.2. The number of para-hydroxylation sites is 4. The largest absolute Gasteiger partial charge is 4.00 e. The van der Waals surface area contributed by atoms with Crippen LogP contribution in [0, 0.1) is 45.9 Å². The van der Waals surface area contributed by atoms with Crippen molar-refractivity contribution in [3.8, 4) is 33.6 Å². The Bertz CT molecular complexity index is 3620. The third kappa shape index (κ3) is 9.41. The molecule has 0 spiro atoms. The van der Waals surface area contributed by atoms with E-state index < -0.39 is 0 Å². The summed E-state index contributed by atoms with van der Waals surface area (Å²) in [5.74, 6) is 0. The number of anilines is 4. The fourth-order valence-electron chi connectivity index (χ4n) is 10.7. The van der Waals surface area contributed by atoms with E-state index in [0.717, 1.165) is 61.6 Å². The number of fused-ring (bicyclic) bond motifs is 2. The van der Waals surface area contributed by atoms with Gasteiger partial charge in [0.2, 0.25) is 0 Å². The first kappa shape index (κ1) is 49.4. The van der Waals surface area contributed by atoms with Crippen LogP contribution in [0.15, 0.2) is 194 Å². The van der Waals surface area contributed by atoms with Crippen LogP contribution in [0.4, 0.5) is 22.7 Å². The Balaban J connectivity index is 0.00000611. The van der Waals surface area contributed by atoms with Gasteiger partial charge in [-0.2, -0.15) is 59.5 Å². The maximum absolute atomic E-state index is 4.03. The van der Waals surface area contributed by atoms with Crippen LogP contribution in [0.25, 0.3) is 44.7 Å². The quantitative estimate of drug-likeness (QED) is 0.0813. The van der Waals surface area contributed by atoms with E-state index in [9.17, 15) is 0 Å². The molecule has 9 aromatic carbocycles. The van der Waals surface area contributed by atoms with Crippen molar-refractivity contribution in [2.24, 2.45) is 0 Å². The Morgan fingerprint density at radius 3 is 1.63 bits per heavy atom. The Morgan fingerprint density at radius 2 is 1.00 bits per heavy atom. The van der Waals surface area contributed by atoms with Gasteiger partial charge < -0.3 is 14.4 Å². The Hall–Kier alpha value is -7.20. The molecule has 0 saturated carbocycles. The minimum absolute atomic E-state index is 0. The van der Waals surface area contributed by atoms with Crippen molar-refractivity contribution >= 4 is 56.9 Å². The predicted octanol–water partition coefficient (Wildman–Crippen LogP) is 14.1. The summed E-state index contributed by atoms with van der Waals surface area (Å²) in [7, 11) is 0. The van der Waals surface area contributed by atoms with E-state index >= 15 is 0 Å². The molecule has 11 rings (SSSR count). The van der Waals surface area contributed by atoms with Crippen LogP contribution in [-0.4, -0.2) is 11.3 Å². The molecular weight excluding hydrogens is 1070 g/mol. The molecule has 0 unspecified atom stereocenters. The summed E-state index contributed by atoms with van der Waals surface area (Å²) in [4.78, 5) is 4.67. The molecule has 360 valence electrons. The maximum Gasteiger partial charge on any atom is 4.00 e. The Kier molecular flexibility index (Phi) is 13.3. The smallest absolute Gasteiger partial charge is 0.493 e. The van der Waals surface area contributed by atoms with Crippen LogP contribution < -0.4 is 30.8 Å². The molecule has 1 aliphatic rings. The molecule has 73 heavy (non-hydrogen) atoms. The number of aryl methyl sites for hydroxylation is 3. The van der Waals surface area contributed by atoms with E-state index in [4.69, 9.17) is 0 Å². The van der Waals surface area contributed by atoms with Gasteiger partial charge in [-0.25, -0.2) is 0 Å². The molecule has 0 aliphatic carbocycles. The fraction of sp³-hybridized carbons (Fsp3) is 0.164. The molecule has 4 nitrogen and oxygen atoms in total. The standard InChI is InChI=1S/C67H60BN4.Pt/c1-46-38-47(2)65(48(3)39-46)68(53-26-20-28-55(42-53)69-44-71(61-32-18-16-30-59(61)69)63-40-51(66(4,5)6)34-36-57(63)49-22-12-10-13-23-49)54-27-21-29-56(43-54)70-45-72(62-33-19-17-31-60(62)70)64-41-52(67(7,8)9)35-37-58(64)50-24-14-11-15-25-50;/h10-41,44H,1-9H3;/q-3;+4. The first-order valence-electron chi connectivity index (χ1n) is 25.2. The topological polar surface area (TPSA) is 15.3 Å². The SMILES string of the molecule is Cc1cc(C)c(B(c2[c-]c(N3[CH-]N(c4cc(C(C)(C)C)ccc4-c4ccccc4)c4ccccc43)ccc2)c2[c-]c(-n3[c-][n+](-c4cc(C(C)(C)C)ccc4-c4ccccc4)c4ccccc43)ccc2)c(C)c1.[Pt+4]. The van der Waals surface area contributed by atoms with E-state index in [0.29, 0.717) is 0 Å². The van der Waals surface area contributed by atoms with Gasteiger partial charge in [-0.3, -0.25) is 4.57 Å². The van der Waals surface area contributed by atoms with Gasteiger partial charge in [-0.15, -0.1) is 12.4 Å². The van der Waals surface area contributed by atoms with Gasteiger partial charge in [0.25, 0.3) is 6.33 Å². The van der Waals surface area contributed by atoms with Gasteiger partial charge >= 0.3 is 21.1 Å². The monoisotopic (exact) mass is 1130 g/mol. The van der Waals surface area contributed by atoms with E-state index in [1.807, 2.05) is 0 Å². The Labute approximate surface area is 448 Å². The molecule has 2 heterocycles. The van der Waals surface area contributed by atoms with Gasteiger partial charge in [-0.05, 0) is 89.4 Å². The summed E-state index contributed by atoms with van der Waals surface area (Å²) in [6, 6.07) is 78.5. The molecule has 0 atom stereocenters. The average Bonchev–Trinajstić information content (AvgIpc) is 3.97. The number of rotatable bonds is 9. The van der Waals surface area contributed by atoms with Crippen molar-refractivity contribution in [3.63, 3.8) is 0 Å². The van der Waals surface area contributed by atoms with Crippen molar-refractivity contribution in [3.05, 3.63) is 247 Å². The van der Waals surface area contributed by atoms with Crippen LogP contribution in [0.1, 0.15) is 69.4 Å². The number of nitrogens with zero attached hydrogens (tertiary/aromatic N) is 4. The second-order valence-electron chi connectivity index (χ2n) is 21.5. The number of benzene rings is 9. The van der Waals surface area contributed by atoms with Crippen LogP contribution in [-0.2, 0) is 31.9 Å². The summed E-state index contributed by atoms with van der Waals surface area (Å²) < 4.78 is 4.43. The molecule has 1 aliphatic heterocycles. The molecule has 0 amide bonds. The van der Waals surface area contributed by atoms with Crippen molar-refractivity contribution in [2.45, 2.75) is 73.1 Å². The van der Waals surface area contributed by atoms with Gasteiger partial charge in [0.15, 0.2) is 6.71 Å². The second-order valence-corrected chi connectivity index (χ2v) is 21.5. The minimum Gasteiger partial charge on any atom is -0.493 e. The molecule has 0 saturated heterocycles. The minimum atomic E-state index is -0.172. The number of hydrogen-bond acceptors (Lipinski definition) is 2. The van der Waals surface area contributed by atoms with Gasteiger partial charge in [0.05, 0.1) is 16.7 Å². The zero-order chi connectivity index (χ0) is 49.9. The van der Waals surface area contributed by atoms with Gasteiger partial charge in [0.1, 0.15) is 0 Å². The molecule has 0 fully saturated rings. The first-order chi connectivity index (χ1) is 34.7. The number of hydrogen-bond donors (Lipinski definition) is 0. The summed E-state index contributed by atoms with van der Waals surface area (Å²) in [5.41, 5.74) is 22.8. The third-order valence-corrected chi connectivity index (χ3v) is 14.3. The zero-order valence-electron chi connectivity index (χ0n) is 43.2. The summed E-state index contributed by atoms with van der Waals surface area (Å²) >= 11 is 0. The Morgan fingerprint density at radius 1 is 0.479 bits per heavy atom. The molecule has 1 aromatic heterocycles. The van der Waals surface area contributed by atoms with Crippen molar-refractivity contribution in [2.75, 3.05) is 9.80 Å². The average molecular weight is 1130 g/mol. The zero-order valence-corrected chi connectivity index (χ0v) is 45.5. The van der Waals surface area contributed by atoms with E-state index in [-0.39, 0.29) is 38.6 Å². The molecular formula is C67H60BN4Pt+. The van der Waals surface area contributed by atoms with Crippen LogP contribution in [0.3, 0.4) is 0 Å². The van der Waals surface area contributed by atoms with E-state index in [1.165, 1.54) is 50.0 Å². The fourth-order valence-corrected chi connectivity index (χ4v) is 10.7. The van der Waals surface area contributed by atoms with Crippen LogP contribution in [0.5, 0.6) is 0 Å². The summed E-state index contributed by atoms with van der Waals surface area (Å²) in [5, 5.41) is 0. The number of aromatic nitrogens is 2. The summed E-state index contributed by atoms with van der Waals surface area (Å²) in [6.45, 7) is 22.5. The molecule has 0 bridgehead atoms. The third-order valence-electron chi connectivity index (χ3n) is 14.3. The van der Waals surface area contributed by atoms with Crippen molar-refractivity contribution in [1.82, 2.24) is 4.57 Å². The van der Waals surface area contributed by atoms with Crippen LogP contribution in [0.2, 0.25) is 0 Å². The molecule has 0 radical (unpaired) electrons. The van der Waals surface area contributed by atoms with Crippen molar-refractivity contribution in [1.29, 1.82) is 0 Å². The normalized spacial score (nSPS) is 12.5. The van der Waals surface area contributed by atoms with E-state index in [2.05, 4.69) is 301 Å². The second kappa shape index (κ2) is 19.7. The molecule has 6 heteroatoms. The molecule has 0 N–H and O–H groups in total. The van der Waals surface area contributed by atoms with Gasteiger partial charge in [-0.1, -0.05) is 197 Å². The molecule has 10 aromatic rings. The maximum atomic E-state index is 4.03. The number of imidazole rings is 1. The summed E-state index contributed by atoms with van der Waals surface area (Å²) in [6.07, 6.45) is 3.86. The predicted molar refractivity (Wildman–Crippen MR) is 303 cm³/mol.